The Morgan fingerprint density at radius 2 is 2.20 bits per heavy atom. The molecule has 0 fully saturated rings. The fourth-order valence-electron chi connectivity index (χ4n) is 0.927. The molecule has 0 N–H and O–H groups in total. The van der Waals surface area contributed by atoms with Crippen LogP contribution in [-0.2, 0) is 0 Å². The SMILES string of the molecule is [CH2]CCCCC(C#N)CC. The van der Waals surface area contributed by atoms with Crippen molar-refractivity contribution in [2.24, 2.45) is 5.92 Å². The molecule has 0 aliphatic heterocycles. The summed E-state index contributed by atoms with van der Waals surface area (Å²) in [5.74, 6) is 0.284. The molecule has 0 saturated heterocycles. The van der Waals surface area contributed by atoms with Gasteiger partial charge in [-0.1, -0.05) is 33.1 Å². The van der Waals surface area contributed by atoms with Crippen LogP contribution in [0.4, 0.5) is 0 Å². The summed E-state index contributed by atoms with van der Waals surface area (Å²) >= 11 is 0. The molecular formula is C9H16N. The van der Waals surface area contributed by atoms with E-state index in [9.17, 15) is 0 Å². The molecule has 1 radical (unpaired) electrons. The van der Waals surface area contributed by atoms with Gasteiger partial charge in [-0.2, -0.15) is 5.26 Å². The van der Waals surface area contributed by atoms with Crippen LogP contribution in [0.2, 0.25) is 0 Å². The predicted molar refractivity (Wildman–Crippen MR) is 43.2 cm³/mol. The minimum absolute atomic E-state index is 0.284. The molecule has 0 aromatic heterocycles. The second-order valence-electron chi connectivity index (χ2n) is 2.58. The van der Waals surface area contributed by atoms with Gasteiger partial charge in [0.25, 0.3) is 0 Å². The second kappa shape index (κ2) is 6.61. The van der Waals surface area contributed by atoms with Crippen molar-refractivity contribution in [2.45, 2.75) is 39.0 Å². The van der Waals surface area contributed by atoms with E-state index in [1.807, 2.05) is 0 Å². The second-order valence-corrected chi connectivity index (χ2v) is 2.58. The highest BCUT2D eigenvalue weighted by molar-refractivity contribution is 4.80. The van der Waals surface area contributed by atoms with Crippen LogP contribution in [0.15, 0.2) is 0 Å². The summed E-state index contributed by atoms with van der Waals surface area (Å²) < 4.78 is 0. The first kappa shape index (κ1) is 9.49. The van der Waals surface area contributed by atoms with Gasteiger partial charge in [0.2, 0.25) is 0 Å². The third-order valence-corrected chi connectivity index (χ3v) is 1.73. The Morgan fingerprint density at radius 3 is 2.60 bits per heavy atom. The summed E-state index contributed by atoms with van der Waals surface area (Å²) in [5, 5.41) is 8.56. The molecule has 10 heavy (non-hydrogen) atoms. The summed E-state index contributed by atoms with van der Waals surface area (Å²) in [4.78, 5) is 0. The maximum atomic E-state index is 8.56. The molecule has 1 atom stereocenters. The van der Waals surface area contributed by atoms with Crippen LogP contribution >= 0.6 is 0 Å². The van der Waals surface area contributed by atoms with E-state index in [0.29, 0.717) is 0 Å². The molecule has 0 aromatic rings. The molecule has 0 aromatic carbocycles. The van der Waals surface area contributed by atoms with E-state index in [1.54, 1.807) is 0 Å². The zero-order chi connectivity index (χ0) is 7.82. The highest BCUT2D eigenvalue weighted by Crippen LogP contribution is 2.11. The van der Waals surface area contributed by atoms with Gasteiger partial charge in [0.05, 0.1) is 6.07 Å². The molecule has 0 amide bonds. The van der Waals surface area contributed by atoms with Gasteiger partial charge in [-0.15, -0.1) is 0 Å². The monoisotopic (exact) mass is 138 g/mol. The average molecular weight is 138 g/mol. The lowest BCUT2D eigenvalue weighted by molar-refractivity contribution is 0.541. The van der Waals surface area contributed by atoms with Crippen LogP contribution in [0.3, 0.4) is 0 Å². The molecule has 0 rings (SSSR count). The van der Waals surface area contributed by atoms with Crippen LogP contribution in [-0.4, -0.2) is 0 Å². The topological polar surface area (TPSA) is 23.8 Å². The van der Waals surface area contributed by atoms with E-state index in [2.05, 4.69) is 19.9 Å². The maximum absolute atomic E-state index is 8.56. The normalized spacial score (nSPS) is 12.5. The number of unbranched alkanes of at least 4 members (excludes halogenated alkanes) is 2. The van der Waals surface area contributed by atoms with Crippen molar-refractivity contribution in [1.82, 2.24) is 0 Å². The quantitative estimate of drug-likeness (QED) is 0.536. The van der Waals surface area contributed by atoms with E-state index in [1.165, 1.54) is 0 Å². The van der Waals surface area contributed by atoms with Crippen molar-refractivity contribution < 1.29 is 0 Å². The lowest BCUT2D eigenvalue weighted by Crippen LogP contribution is -1.93. The largest absolute Gasteiger partial charge is 0.198 e. The van der Waals surface area contributed by atoms with E-state index < -0.39 is 0 Å². The molecule has 1 nitrogen and oxygen atoms in total. The van der Waals surface area contributed by atoms with E-state index >= 15 is 0 Å². The standard InChI is InChI=1S/C9H16N/c1-3-5-6-7-9(4-2)8-10/h9H,1,3-7H2,2H3. The zero-order valence-corrected chi connectivity index (χ0v) is 6.77. The number of rotatable bonds is 5. The fourth-order valence-corrected chi connectivity index (χ4v) is 0.927. The Labute approximate surface area is 64.1 Å². The lowest BCUT2D eigenvalue weighted by atomic mass is 10.0. The lowest BCUT2D eigenvalue weighted by Gasteiger charge is -2.02. The maximum Gasteiger partial charge on any atom is 0.0655 e. The smallest absolute Gasteiger partial charge is 0.0655 e. The van der Waals surface area contributed by atoms with Gasteiger partial charge in [0.15, 0.2) is 0 Å². The zero-order valence-electron chi connectivity index (χ0n) is 6.77. The first-order valence-electron chi connectivity index (χ1n) is 4.04. The minimum Gasteiger partial charge on any atom is -0.198 e. The van der Waals surface area contributed by atoms with Crippen LogP contribution in [0.1, 0.15) is 39.0 Å². The summed E-state index contributed by atoms with van der Waals surface area (Å²) in [7, 11) is 0. The first-order chi connectivity index (χ1) is 4.85. The molecule has 57 valence electrons. The highest BCUT2D eigenvalue weighted by atomic mass is 14.3. The minimum atomic E-state index is 0.284. The fraction of sp³-hybridized carbons (Fsp3) is 0.778. The van der Waals surface area contributed by atoms with Gasteiger partial charge in [-0.3, -0.25) is 0 Å². The predicted octanol–water partition coefficient (Wildman–Crippen LogP) is 2.93. The summed E-state index contributed by atoms with van der Waals surface area (Å²) in [5.41, 5.74) is 0. The molecule has 0 heterocycles. The van der Waals surface area contributed by atoms with Crippen LogP contribution in [0, 0.1) is 24.2 Å². The Hall–Kier alpha value is -0.510. The number of nitrogens with zero attached hydrogens (tertiary/aromatic N) is 1. The van der Waals surface area contributed by atoms with Crippen molar-refractivity contribution >= 4 is 0 Å². The Bertz CT molecular complexity index is 102. The Balaban J connectivity index is 3.20. The van der Waals surface area contributed by atoms with Crippen LogP contribution < -0.4 is 0 Å². The van der Waals surface area contributed by atoms with E-state index in [0.717, 1.165) is 32.1 Å². The molecule has 0 bridgehead atoms. The van der Waals surface area contributed by atoms with Crippen molar-refractivity contribution in [2.75, 3.05) is 0 Å². The molecule has 1 heteroatoms. The number of nitriles is 1. The molecule has 0 aliphatic rings. The van der Waals surface area contributed by atoms with Gasteiger partial charge in [-0.25, -0.2) is 0 Å². The van der Waals surface area contributed by atoms with Crippen LogP contribution in [0.25, 0.3) is 0 Å². The summed E-state index contributed by atoms with van der Waals surface area (Å²) in [6.45, 7) is 5.82. The number of hydrogen-bond acceptors (Lipinski definition) is 1. The van der Waals surface area contributed by atoms with E-state index in [4.69, 9.17) is 5.26 Å². The summed E-state index contributed by atoms with van der Waals surface area (Å²) in [6.07, 6.45) is 5.38. The van der Waals surface area contributed by atoms with E-state index in [-0.39, 0.29) is 5.92 Å². The number of hydrogen-bond donors (Lipinski definition) is 0. The Morgan fingerprint density at radius 1 is 1.50 bits per heavy atom. The first-order valence-corrected chi connectivity index (χ1v) is 4.04. The molecular weight excluding hydrogens is 122 g/mol. The molecule has 1 unspecified atom stereocenters. The molecule has 0 saturated carbocycles. The Kier molecular flexibility index (Phi) is 6.27. The third kappa shape index (κ3) is 4.38. The van der Waals surface area contributed by atoms with Crippen molar-refractivity contribution in [3.05, 3.63) is 6.92 Å². The van der Waals surface area contributed by atoms with Crippen molar-refractivity contribution in [1.29, 1.82) is 5.26 Å². The van der Waals surface area contributed by atoms with Crippen molar-refractivity contribution in [3.63, 3.8) is 0 Å². The van der Waals surface area contributed by atoms with Gasteiger partial charge in [0.1, 0.15) is 0 Å². The molecule has 0 spiro atoms. The summed E-state index contributed by atoms with van der Waals surface area (Å²) in [6, 6.07) is 2.29. The molecule has 0 aliphatic carbocycles. The highest BCUT2D eigenvalue weighted by Gasteiger charge is 2.01. The third-order valence-electron chi connectivity index (χ3n) is 1.73. The average Bonchev–Trinajstić information content (AvgIpc) is 1.99. The van der Waals surface area contributed by atoms with Gasteiger partial charge in [0, 0.05) is 5.92 Å². The van der Waals surface area contributed by atoms with Gasteiger partial charge in [-0.05, 0) is 12.8 Å². The van der Waals surface area contributed by atoms with Crippen LogP contribution in [0.5, 0.6) is 0 Å². The van der Waals surface area contributed by atoms with Crippen molar-refractivity contribution in [3.8, 4) is 6.07 Å². The van der Waals surface area contributed by atoms with Gasteiger partial charge < -0.3 is 0 Å². The van der Waals surface area contributed by atoms with Gasteiger partial charge >= 0.3 is 0 Å².